The molecule has 2 aromatic heterocycles. The van der Waals surface area contributed by atoms with Crippen molar-refractivity contribution >= 4 is 11.9 Å². The van der Waals surface area contributed by atoms with Crippen LogP contribution in [0.15, 0.2) is 39.5 Å². The van der Waals surface area contributed by atoms with Gasteiger partial charge in [0.2, 0.25) is 5.89 Å². The van der Waals surface area contributed by atoms with Crippen molar-refractivity contribution < 1.29 is 13.6 Å². The van der Waals surface area contributed by atoms with Crippen molar-refractivity contribution in [1.82, 2.24) is 15.2 Å². The van der Waals surface area contributed by atoms with Gasteiger partial charge in [-0.05, 0) is 30.5 Å². The monoisotopic (exact) mass is 312 g/mol. The van der Waals surface area contributed by atoms with Crippen molar-refractivity contribution in [3.63, 3.8) is 0 Å². The largest absolute Gasteiger partial charge is 0.448 e. The molecular formula is C16H16N4O3. The van der Waals surface area contributed by atoms with Crippen molar-refractivity contribution in [3.8, 4) is 11.5 Å². The van der Waals surface area contributed by atoms with Crippen molar-refractivity contribution in [1.29, 1.82) is 0 Å². The number of anilines is 1. The number of nitrogens with zero attached hydrogens (tertiary/aromatic N) is 3. The van der Waals surface area contributed by atoms with E-state index in [-0.39, 0.29) is 11.7 Å². The number of hydrogen-bond donors (Lipinski definition) is 1. The molecule has 0 aliphatic rings. The van der Waals surface area contributed by atoms with Gasteiger partial charge < -0.3 is 8.83 Å². The highest BCUT2D eigenvalue weighted by molar-refractivity contribution is 6.02. The first kappa shape index (κ1) is 15.0. The van der Waals surface area contributed by atoms with Gasteiger partial charge in [-0.2, -0.15) is 0 Å². The van der Waals surface area contributed by atoms with Crippen LogP contribution in [0.2, 0.25) is 0 Å². The second kappa shape index (κ2) is 6.04. The molecule has 0 fully saturated rings. The van der Waals surface area contributed by atoms with E-state index in [0.717, 1.165) is 5.56 Å². The van der Waals surface area contributed by atoms with E-state index in [1.165, 1.54) is 12.0 Å². The molecular weight excluding hydrogens is 296 g/mol. The summed E-state index contributed by atoms with van der Waals surface area (Å²) < 4.78 is 10.5. The molecule has 1 N–H and O–H groups in total. The Morgan fingerprint density at radius 3 is 2.52 bits per heavy atom. The lowest BCUT2D eigenvalue weighted by Crippen LogP contribution is -2.13. The Balaban J connectivity index is 1.75. The lowest BCUT2D eigenvalue weighted by atomic mass is 10.0. The Labute approximate surface area is 132 Å². The normalized spacial score (nSPS) is 11.0. The molecule has 0 unspecified atom stereocenters. The average Bonchev–Trinajstić information content (AvgIpc) is 3.16. The van der Waals surface area contributed by atoms with E-state index in [9.17, 15) is 4.79 Å². The van der Waals surface area contributed by atoms with Crippen LogP contribution in [0.1, 0.15) is 41.6 Å². The second-order valence-corrected chi connectivity index (χ2v) is 5.40. The minimum Gasteiger partial charge on any atom is -0.448 e. The fraction of sp³-hybridized carbons (Fsp3) is 0.250. The van der Waals surface area contributed by atoms with Crippen LogP contribution in [0.25, 0.3) is 11.5 Å². The summed E-state index contributed by atoms with van der Waals surface area (Å²) in [6.07, 6.45) is 1.21. The Bertz CT molecular complexity index is 818. The van der Waals surface area contributed by atoms with Gasteiger partial charge in [0.1, 0.15) is 5.76 Å². The molecule has 7 nitrogen and oxygen atoms in total. The third-order valence-electron chi connectivity index (χ3n) is 3.43. The summed E-state index contributed by atoms with van der Waals surface area (Å²) in [7, 11) is 0. The number of benzene rings is 1. The van der Waals surface area contributed by atoms with Gasteiger partial charge in [0.25, 0.3) is 5.91 Å². The maximum absolute atomic E-state index is 12.0. The number of aryl methyl sites for hydroxylation is 1. The van der Waals surface area contributed by atoms with Gasteiger partial charge in [0.15, 0.2) is 12.1 Å². The number of hydrogen-bond acceptors (Lipinski definition) is 6. The summed E-state index contributed by atoms with van der Waals surface area (Å²) in [5.74, 6) is 0.757. The fourth-order valence-corrected chi connectivity index (χ4v) is 2.08. The molecule has 23 heavy (non-hydrogen) atoms. The molecule has 1 amide bonds. The average molecular weight is 312 g/mol. The molecule has 0 saturated carbocycles. The Kier molecular flexibility index (Phi) is 3.92. The fourth-order valence-electron chi connectivity index (χ4n) is 2.08. The van der Waals surface area contributed by atoms with Crippen LogP contribution in [-0.2, 0) is 0 Å². The maximum atomic E-state index is 12.0. The molecule has 0 radical (unpaired) electrons. The van der Waals surface area contributed by atoms with Gasteiger partial charge in [0.05, 0.1) is 0 Å². The zero-order valence-corrected chi connectivity index (χ0v) is 13.0. The highest BCUT2D eigenvalue weighted by Crippen LogP contribution is 2.23. The summed E-state index contributed by atoms with van der Waals surface area (Å²) in [4.78, 5) is 15.8. The molecule has 3 rings (SSSR count). The van der Waals surface area contributed by atoms with Gasteiger partial charge in [-0.3, -0.25) is 10.1 Å². The first-order valence-corrected chi connectivity index (χ1v) is 7.20. The van der Waals surface area contributed by atoms with Crippen LogP contribution in [0.4, 0.5) is 6.01 Å². The molecule has 0 spiro atoms. The third-order valence-corrected chi connectivity index (χ3v) is 3.43. The lowest BCUT2D eigenvalue weighted by Gasteiger charge is -2.04. The van der Waals surface area contributed by atoms with Gasteiger partial charge in [0, 0.05) is 5.56 Å². The Morgan fingerprint density at radius 1 is 1.17 bits per heavy atom. The maximum Gasteiger partial charge on any atom is 0.322 e. The van der Waals surface area contributed by atoms with Crippen molar-refractivity contribution in [2.45, 2.75) is 26.7 Å². The molecule has 2 heterocycles. The second-order valence-electron chi connectivity index (χ2n) is 5.40. The standard InChI is InChI=1S/C16H16N4O3/c1-9(2)11-4-6-12(7-5-11)15-19-20-16(23-15)18-14(21)13-10(3)22-8-17-13/h4-9H,1-3H3,(H,18,20,21). The van der Waals surface area contributed by atoms with E-state index in [1.807, 2.05) is 24.3 Å². The van der Waals surface area contributed by atoms with E-state index < -0.39 is 5.91 Å². The topological polar surface area (TPSA) is 94.1 Å². The number of carbonyl (C=O) groups excluding carboxylic acids is 1. The van der Waals surface area contributed by atoms with Crippen LogP contribution in [0, 0.1) is 6.92 Å². The Hall–Kier alpha value is -2.96. The van der Waals surface area contributed by atoms with Crippen molar-refractivity contribution in [2.75, 3.05) is 5.32 Å². The summed E-state index contributed by atoms with van der Waals surface area (Å²) in [6.45, 7) is 5.90. The molecule has 0 aliphatic heterocycles. The highest BCUT2D eigenvalue weighted by Gasteiger charge is 2.17. The first-order chi connectivity index (χ1) is 11.0. The third kappa shape index (κ3) is 3.13. The molecule has 3 aromatic rings. The summed E-state index contributed by atoms with van der Waals surface area (Å²) in [5, 5.41) is 10.3. The minimum atomic E-state index is -0.457. The van der Waals surface area contributed by atoms with Crippen LogP contribution in [0.5, 0.6) is 0 Å². The lowest BCUT2D eigenvalue weighted by molar-refractivity contribution is 0.101. The van der Waals surface area contributed by atoms with Crippen molar-refractivity contribution in [2.24, 2.45) is 0 Å². The smallest absolute Gasteiger partial charge is 0.322 e. The molecule has 1 aromatic carbocycles. The number of amides is 1. The van der Waals surface area contributed by atoms with Crippen LogP contribution in [0.3, 0.4) is 0 Å². The van der Waals surface area contributed by atoms with Gasteiger partial charge in [-0.15, -0.1) is 5.10 Å². The summed E-state index contributed by atoms with van der Waals surface area (Å²) >= 11 is 0. The Morgan fingerprint density at radius 2 is 1.91 bits per heavy atom. The molecule has 0 aliphatic carbocycles. The van der Waals surface area contributed by atoms with Gasteiger partial charge in [-0.1, -0.05) is 31.1 Å². The molecule has 0 saturated heterocycles. The number of oxazole rings is 1. The molecule has 0 atom stereocenters. The molecule has 0 bridgehead atoms. The quantitative estimate of drug-likeness (QED) is 0.793. The number of carbonyl (C=O) groups is 1. The minimum absolute atomic E-state index is 0.0142. The van der Waals surface area contributed by atoms with E-state index in [2.05, 4.69) is 34.3 Å². The predicted molar refractivity (Wildman–Crippen MR) is 83.0 cm³/mol. The van der Waals surface area contributed by atoms with Gasteiger partial charge >= 0.3 is 6.01 Å². The SMILES string of the molecule is Cc1ocnc1C(=O)Nc1nnc(-c2ccc(C(C)C)cc2)o1. The van der Waals surface area contributed by atoms with E-state index in [1.54, 1.807) is 6.92 Å². The van der Waals surface area contributed by atoms with Crippen LogP contribution < -0.4 is 5.32 Å². The zero-order valence-electron chi connectivity index (χ0n) is 13.0. The van der Waals surface area contributed by atoms with Crippen molar-refractivity contribution in [3.05, 3.63) is 47.7 Å². The summed E-state index contributed by atoms with van der Waals surface area (Å²) in [6, 6.07) is 7.87. The number of aromatic nitrogens is 3. The zero-order chi connectivity index (χ0) is 16.4. The van der Waals surface area contributed by atoms with E-state index in [0.29, 0.717) is 17.6 Å². The summed E-state index contributed by atoms with van der Waals surface area (Å²) in [5.41, 5.74) is 2.20. The first-order valence-electron chi connectivity index (χ1n) is 7.20. The molecule has 118 valence electrons. The van der Waals surface area contributed by atoms with Crippen LogP contribution in [-0.4, -0.2) is 21.1 Å². The highest BCUT2D eigenvalue weighted by atomic mass is 16.4. The van der Waals surface area contributed by atoms with Crippen LogP contribution >= 0.6 is 0 Å². The van der Waals surface area contributed by atoms with Gasteiger partial charge in [-0.25, -0.2) is 4.98 Å². The molecule has 7 heteroatoms. The number of rotatable bonds is 4. The predicted octanol–water partition coefficient (Wildman–Crippen LogP) is 3.41. The van der Waals surface area contributed by atoms with E-state index in [4.69, 9.17) is 8.83 Å². The number of nitrogens with one attached hydrogen (secondary N) is 1. The van der Waals surface area contributed by atoms with E-state index >= 15 is 0 Å².